The lowest BCUT2D eigenvalue weighted by atomic mass is 10.4. The van der Waals surface area contributed by atoms with Gasteiger partial charge < -0.3 is 10.2 Å². The van der Waals surface area contributed by atoms with Crippen LogP contribution in [0.5, 0.6) is 0 Å². The van der Waals surface area contributed by atoms with E-state index in [1.165, 1.54) is 29.0 Å². The van der Waals surface area contributed by atoms with Gasteiger partial charge in [-0.1, -0.05) is 0 Å². The van der Waals surface area contributed by atoms with Crippen molar-refractivity contribution < 1.29 is 12.8 Å². The Hall–Kier alpha value is -1.15. The van der Waals surface area contributed by atoms with E-state index in [1.54, 1.807) is 23.6 Å². The molecule has 18 heavy (non-hydrogen) atoms. The highest BCUT2D eigenvalue weighted by atomic mass is 32.2. The van der Waals surface area contributed by atoms with Gasteiger partial charge in [-0.3, -0.25) is 0 Å². The molecule has 0 atom stereocenters. The molecule has 5 nitrogen and oxygen atoms in total. The smallest absolute Gasteiger partial charge is 0.244 e. The zero-order valence-corrected chi connectivity index (χ0v) is 11.5. The van der Waals surface area contributed by atoms with E-state index in [-0.39, 0.29) is 18.0 Å². The minimum atomic E-state index is -3.51. The molecule has 2 N–H and O–H groups in total. The van der Waals surface area contributed by atoms with Crippen LogP contribution in [0.1, 0.15) is 10.6 Å². The first-order chi connectivity index (χ1) is 8.55. The molecule has 0 aliphatic rings. The molecule has 0 radical (unpaired) electrons. The van der Waals surface area contributed by atoms with Crippen LogP contribution in [0.3, 0.4) is 0 Å². The van der Waals surface area contributed by atoms with Crippen molar-refractivity contribution in [3.63, 3.8) is 0 Å². The molecule has 0 saturated carbocycles. The van der Waals surface area contributed by atoms with Gasteiger partial charge in [0.05, 0.1) is 17.7 Å². The number of furan rings is 1. The molecule has 0 aromatic carbocycles. The Kier molecular flexibility index (Phi) is 3.86. The molecular weight excluding hydrogens is 272 g/mol. The lowest BCUT2D eigenvalue weighted by Crippen LogP contribution is -2.26. The number of thiophene rings is 1. The summed E-state index contributed by atoms with van der Waals surface area (Å²) in [5.74, 6) is 0.602. The van der Waals surface area contributed by atoms with Crippen molar-refractivity contribution in [3.8, 4) is 0 Å². The maximum Gasteiger partial charge on any atom is 0.244 e. The van der Waals surface area contributed by atoms with Gasteiger partial charge in [0.25, 0.3) is 0 Å². The van der Waals surface area contributed by atoms with Gasteiger partial charge in [-0.15, -0.1) is 11.3 Å². The van der Waals surface area contributed by atoms with E-state index in [2.05, 4.69) is 0 Å². The van der Waals surface area contributed by atoms with E-state index < -0.39 is 10.0 Å². The second-order valence-corrected chi connectivity index (χ2v) is 6.77. The molecule has 2 heterocycles. The summed E-state index contributed by atoms with van der Waals surface area (Å²) in [6.07, 6.45) is 1.52. The Bertz CT molecular complexity index is 602. The highest BCUT2D eigenvalue weighted by Gasteiger charge is 2.25. The standard InChI is InChI=1S/C11H14N2O3S2/c1-13(8-9-3-2-5-16-9)18(14,15)11-4-6-17-10(11)7-12/h2-6H,7-8,12H2,1H3. The van der Waals surface area contributed by atoms with Crippen molar-refractivity contribution in [1.82, 2.24) is 4.31 Å². The van der Waals surface area contributed by atoms with Crippen LogP contribution in [-0.4, -0.2) is 19.8 Å². The average molecular weight is 286 g/mol. The van der Waals surface area contributed by atoms with Crippen molar-refractivity contribution in [2.75, 3.05) is 7.05 Å². The van der Waals surface area contributed by atoms with Crippen LogP contribution in [0.4, 0.5) is 0 Å². The van der Waals surface area contributed by atoms with Crippen LogP contribution < -0.4 is 5.73 Å². The molecule has 0 bridgehead atoms. The Morgan fingerprint density at radius 1 is 1.44 bits per heavy atom. The minimum absolute atomic E-state index is 0.204. The summed E-state index contributed by atoms with van der Waals surface area (Å²) in [6, 6.07) is 5.05. The Labute approximate surface area is 110 Å². The zero-order valence-electron chi connectivity index (χ0n) is 9.87. The summed E-state index contributed by atoms with van der Waals surface area (Å²) < 4.78 is 31.1. The maximum absolute atomic E-state index is 12.3. The second kappa shape index (κ2) is 5.23. The fourth-order valence-electron chi connectivity index (χ4n) is 1.58. The van der Waals surface area contributed by atoms with Crippen molar-refractivity contribution in [2.45, 2.75) is 18.0 Å². The van der Waals surface area contributed by atoms with Gasteiger partial charge >= 0.3 is 0 Å². The fraction of sp³-hybridized carbons (Fsp3) is 0.273. The molecule has 0 aliphatic carbocycles. The van der Waals surface area contributed by atoms with Crippen LogP contribution in [-0.2, 0) is 23.1 Å². The van der Waals surface area contributed by atoms with Crippen molar-refractivity contribution in [2.24, 2.45) is 5.73 Å². The van der Waals surface area contributed by atoms with Crippen LogP contribution in [0.15, 0.2) is 39.2 Å². The predicted molar refractivity (Wildman–Crippen MR) is 69.6 cm³/mol. The minimum Gasteiger partial charge on any atom is -0.468 e. The highest BCUT2D eigenvalue weighted by molar-refractivity contribution is 7.89. The number of nitrogens with zero attached hydrogens (tertiary/aromatic N) is 1. The summed E-state index contributed by atoms with van der Waals surface area (Å²) in [5.41, 5.74) is 5.54. The third-order valence-electron chi connectivity index (χ3n) is 2.54. The Morgan fingerprint density at radius 3 is 2.83 bits per heavy atom. The number of sulfonamides is 1. The summed E-state index contributed by atoms with van der Waals surface area (Å²) in [5, 5.41) is 1.73. The summed E-state index contributed by atoms with van der Waals surface area (Å²) >= 11 is 1.35. The second-order valence-electron chi connectivity index (χ2n) is 3.75. The zero-order chi connectivity index (χ0) is 13.2. The van der Waals surface area contributed by atoms with E-state index >= 15 is 0 Å². The molecule has 0 aliphatic heterocycles. The van der Waals surface area contributed by atoms with E-state index in [1.807, 2.05) is 0 Å². The van der Waals surface area contributed by atoms with E-state index in [0.29, 0.717) is 10.6 Å². The van der Waals surface area contributed by atoms with Crippen LogP contribution >= 0.6 is 11.3 Å². The first-order valence-corrected chi connectivity index (χ1v) is 7.63. The first kappa shape index (κ1) is 13.3. The molecule has 2 aromatic heterocycles. The van der Waals surface area contributed by atoms with Gasteiger partial charge in [0.15, 0.2) is 0 Å². The van der Waals surface area contributed by atoms with Gasteiger partial charge in [-0.05, 0) is 23.6 Å². The molecule has 0 spiro atoms. The van der Waals surface area contributed by atoms with Crippen LogP contribution in [0.2, 0.25) is 0 Å². The maximum atomic E-state index is 12.3. The molecule has 0 amide bonds. The van der Waals surface area contributed by atoms with Gasteiger partial charge in [-0.2, -0.15) is 4.31 Å². The monoisotopic (exact) mass is 286 g/mol. The molecule has 98 valence electrons. The van der Waals surface area contributed by atoms with Gasteiger partial charge in [-0.25, -0.2) is 8.42 Å². The lowest BCUT2D eigenvalue weighted by Gasteiger charge is -2.15. The van der Waals surface area contributed by atoms with Crippen molar-refractivity contribution >= 4 is 21.4 Å². The quantitative estimate of drug-likeness (QED) is 0.906. The third kappa shape index (κ3) is 2.49. The van der Waals surface area contributed by atoms with E-state index in [4.69, 9.17) is 10.2 Å². The molecule has 2 aromatic rings. The molecule has 0 unspecified atom stereocenters. The first-order valence-electron chi connectivity index (χ1n) is 5.31. The van der Waals surface area contributed by atoms with Gasteiger partial charge in [0, 0.05) is 18.5 Å². The van der Waals surface area contributed by atoms with Gasteiger partial charge in [0.2, 0.25) is 10.0 Å². The Morgan fingerprint density at radius 2 is 2.22 bits per heavy atom. The van der Waals surface area contributed by atoms with Crippen LogP contribution in [0.25, 0.3) is 0 Å². The molecule has 0 saturated heterocycles. The summed E-state index contributed by atoms with van der Waals surface area (Å²) in [6.45, 7) is 0.427. The number of nitrogens with two attached hydrogens (primary N) is 1. The fourth-order valence-corrected chi connectivity index (χ4v) is 4.02. The van der Waals surface area contributed by atoms with E-state index in [9.17, 15) is 8.42 Å². The number of hydrogen-bond donors (Lipinski definition) is 1. The molecule has 7 heteroatoms. The topological polar surface area (TPSA) is 76.5 Å². The largest absolute Gasteiger partial charge is 0.468 e. The number of rotatable bonds is 5. The lowest BCUT2D eigenvalue weighted by molar-refractivity contribution is 0.406. The normalized spacial score (nSPS) is 12.2. The molecule has 0 fully saturated rings. The molecular formula is C11H14N2O3S2. The van der Waals surface area contributed by atoms with E-state index in [0.717, 1.165) is 0 Å². The van der Waals surface area contributed by atoms with Gasteiger partial charge in [0.1, 0.15) is 5.76 Å². The summed E-state index contributed by atoms with van der Waals surface area (Å²) in [7, 11) is -1.99. The van der Waals surface area contributed by atoms with Crippen LogP contribution in [0, 0.1) is 0 Å². The summed E-state index contributed by atoms with van der Waals surface area (Å²) in [4.78, 5) is 0.949. The third-order valence-corrected chi connectivity index (χ3v) is 5.50. The predicted octanol–water partition coefficient (Wildman–Crippen LogP) is 1.62. The van der Waals surface area contributed by atoms with Crippen molar-refractivity contribution in [3.05, 3.63) is 40.5 Å². The average Bonchev–Trinajstić information content (AvgIpc) is 2.98. The highest BCUT2D eigenvalue weighted by Crippen LogP contribution is 2.25. The SMILES string of the molecule is CN(Cc1ccco1)S(=O)(=O)c1ccsc1CN. The molecule has 2 rings (SSSR count). The van der Waals surface area contributed by atoms with Crippen molar-refractivity contribution in [1.29, 1.82) is 0 Å². The Balaban J connectivity index is 2.26. The number of hydrogen-bond acceptors (Lipinski definition) is 5.